The molecule has 0 amide bonds. The van der Waals surface area contributed by atoms with Crippen molar-refractivity contribution in [1.82, 2.24) is 14.7 Å². The highest BCUT2D eigenvalue weighted by atomic mass is 32.1. The van der Waals surface area contributed by atoms with Gasteiger partial charge in [0, 0.05) is 50.7 Å². The Hall–Kier alpha value is -0.460. The van der Waals surface area contributed by atoms with Gasteiger partial charge in [0.05, 0.1) is 6.10 Å². The van der Waals surface area contributed by atoms with E-state index in [-0.39, 0.29) is 6.10 Å². The van der Waals surface area contributed by atoms with Crippen LogP contribution in [0.3, 0.4) is 0 Å². The van der Waals surface area contributed by atoms with Crippen LogP contribution in [-0.2, 0) is 6.42 Å². The van der Waals surface area contributed by atoms with Crippen molar-refractivity contribution in [2.45, 2.75) is 12.5 Å². The van der Waals surface area contributed by atoms with Crippen LogP contribution in [0, 0.1) is 0 Å². The summed E-state index contributed by atoms with van der Waals surface area (Å²) in [6.07, 6.45) is 0.835. The predicted molar refractivity (Wildman–Crippen MR) is 85.5 cm³/mol. The Morgan fingerprint density at radius 2 is 2.10 bits per heavy atom. The summed E-state index contributed by atoms with van der Waals surface area (Å²) < 4.78 is 0. The van der Waals surface area contributed by atoms with Gasteiger partial charge in [-0.25, -0.2) is 0 Å². The van der Waals surface area contributed by atoms with Gasteiger partial charge in [-0.2, -0.15) is 0 Å². The van der Waals surface area contributed by atoms with Crippen molar-refractivity contribution in [1.29, 1.82) is 0 Å². The Morgan fingerprint density at radius 1 is 1.35 bits per heavy atom. The van der Waals surface area contributed by atoms with Crippen LogP contribution in [0.4, 0.5) is 0 Å². The first-order valence-corrected chi connectivity index (χ1v) is 8.31. The van der Waals surface area contributed by atoms with Crippen molar-refractivity contribution in [3.05, 3.63) is 22.4 Å². The lowest BCUT2D eigenvalue weighted by Crippen LogP contribution is -2.48. The normalized spacial score (nSPS) is 19.6. The maximum Gasteiger partial charge on any atom is 0.0793 e. The number of aliphatic hydroxyl groups is 1. The molecule has 2 heterocycles. The largest absolute Gasteiger partial charge is 0.390 e. The summed E-state index contributed by atoms with van der Waals surface area (Å²) in [6, 6.07) is 4.28. The summed E-state index contributed by atoms with van der Waals surface area (Å²) in [5, 5.41) is 12.3. The SMILES string of the molecule is CN1CCN(CC(O)CN(C)CCc2cccs2)CC1. The van der Waals surface area contributed by atoms with Gasteiger partial charge in [0.15, 0.2) is 0 Å². The summed E-state index contributed by atoms with van der Waals surface area (Å²) in [6.45, 7) is 6.95. The van der Waals surface area contributed by atoms with Crippen molar-refractivity contribution < 1.29 is 5.11 Å². The van der Waals surface area contributed by atoms with Gasteiger partial charge in [-0.15, -0.1) is 11.3 Å². The van der Waals surface area contributed by atoms with Crippen LogP contribution in [0.15, 0.2) is 17.5 Å². The number of hydrogen-bond acceptors (Lipinski definition) is 5. The third kappa shape index (κ3) is 5.50. The number of rotatable bonds is 7. The molecule has 114 valence electrons. The van der Waals surface area contributed by atoms with E-state index in [1.54, 1.807) is 0 Å². The van der Waals surface area contributed by atoms with Crippen LogP contribution < -0.4 is 0 Å². The topological polar surface area (TPSA) is 30.0 Å². The van der Waals surface area contributed by atoms with Crippen molar-refractivity contribution >= 4 is 11.3 Å². The maximum atomic E-state index is 10.2. The summed E-state index contributed by atoms with van der Waals surface area (Å²) in [5.74, 6) is 0. The Morgan fingerprint density at radius 3 is 2.75 bits per heavy atom. The number of nitrogens with zero attached hydrogens (tertiary/aromatic N) is 3. The Kier molecular flexibility index (Phi) is 6.45. The van der Waals surface area contributed by atoms with Gasteiger partial charge in [-0.3, -0.25) is 4.90 Å². The Bertz CT molecular complexity index is 363. The molecule has 2 rings (SSSR count). The van der Waals surface area contributed by atoms with Gasteiger partial charge in [0.25, 0.3) is 0 Å². The highest BCUT2D eigenvalue weighted by molar-refractivity contribution is 7.09. The molecule has 5 heteroatoms. The van der Waals surface area contributed by atoms with E-state index in [2.05, 4.69) is 46.3 Å². The molecule has 20 heavy (non-hydrogen) atoms. The zero-order chi connectivity index (χ0) is 14.4. The van der Waals surface area contributed by atoms with Gasteiger partial charge >= 0.3 is 0 Å². The van der Waals surface area contributed by atoms with Crippen LogP contribution in [0.2, 0.25) is 0 Å². The number of piperazine rings is 1. The fourth-order valence-corrected chi connectivity index (χ4v) is 3.29. The Labute approximate surface area is 126 Å². The molecule has 1 aromatic rings. The van der Waals surface area contributed by atoms with Gasteiger partial charge in [-0.1, -0.05) is 6.07 Å². The molecule has 1 saturated heterocycles. The van der Waals surface area contributed by atoms with Crippen LogP contribution in [0.1, 0.15) is 4.88 Å². The quantitative estimate of drug-likeness (QED) is 0.807. The van der Waals surface area contributed by atoms with Gasteiger partial charge in [0.1, 0.15) is 0 Å². The number of hydrogen-bond donors (Lipinski definition) is 1. The van der Waals surface area contributed by atoms with E-state index in [0.29, 0.717) is 0 Å². The van der Waals surface area contributed by atoms with Crippen molar-refractivity contribution in [3.8, 4) is 0 Å². The van der Waals surface area contributed by atoms with Crippen LogP contribution in [0.25, 0.3) is 0 Å². The van der Waals surface area contributed by atoms with E-state index in [4.69, 9.17) is 0 Å². The van der Waals surface area contributed by atoms with Crippen LogP contribution in [0.5, 0.6) is 0 Å². The zero-order valence-corrected chi connectivity index (χ0v) is 13.5. The minimum Gasteiger partial charge on any atom is -0.390 e. The van der Waals surface area contributed by atoms with Crippen LogP contribution in [-0.4, -0.2) is 85.8 Å². The molecule has 4 nitrogen and oxygen atoms in total. The first-order chi connectivity index (χ1) is 9.63. The predicted octanol–water partition coefficient (Wildman–Crippen LogP) is 0.831. The van der Waals surface area contributed by atoms with Gasteiger partial charge < -0.3 is 14.9 Å². The molecule has 1 fully saturated rings. The first kappa shape index (κ1) is 15.9. The lowest BCUT2D eigenvalue weighted by atomic mass is 10.2. The molecule has 1 unspecified atom stereocenters. The van der Waals surface area contributed by atoms with Gasteiger partial charge in [0.2, 0.25) is 0 Å². The molecule has 0 bridgehead atoms. The molecule has 1 aliphatic heterocycles. The second-order valence-electron chi connectivity index (χ2n) is 5.85. The second-order valence-corrected chi connectivity index (χ2v) is 6.88. The Balaban J connectivity index is 1.62. The number of likely N-dealkylation sites (N-methyl/N-ethyl adjacent to an activating group) is 2. The number of aliphatic hydroxyl groups excluding tert-OH is 1. The maximum absolute atomic E-state index is 10.2. The zero-order valence-electron chi connectivity index (χ0n) is 12.7. The minimum absolute atomic E-state index is 0.244. The number of thiophene rings is 1. The smallest absolute Gasteiger partial charge is 0.0793 e. The van der Waals surface area contributed by atoms with Crippen molar-refractivity contribution in [3.63, 3.8) is 0 Å². The molecule has 1 aromatic heterocycles. The number of β-amino-alcohol motifs (C(OH)–C–C–N with tert-alkyl or cyclic N) is 1. The fourth-order valence-electron chi connectivity index (χ4n) is 2.59. The van der Waals surface area contributed by atoms with Crippen molar-refractivity contribution in [2.75, 3.05) is 59.9 Å². The summed E-state index contributed by atoms with van der Waals surface area (Å²) in [4.78, 5) is 8.37. The summed E-state index contributed by atoms with van der Waals surface area (Å²) in [7, 11) is 4.26. The van der Waals surface area contributed by atoms with Crippen molar-refractivity contribution in [2.24, 2.45) is 0 Å². The van der Waals surface area contributed by atoms with Gasteiger partial charge in [-0.05, 0) is 32.0 Å². The van der Waals surface area contributed by atoms with Crippen LogP contribution >= 0.6 is 11.3 Å². The molecule has 0 aliphatic carbocycles. The first-order valence-electron chi connectivity index (χ1n) is 7.43. The molecule has 0 aromatic carbocycles. The van der Waals surface area contributed by atoms with E-state index in [0.717, 1.165) is 52.2 Å². The average molecular weight is 297 g/mol. The standard InChI is InChI=1S/C15H27N3OS/c1-16-7-9-18(10-8-16)13-14(19)12-17(2)6-5-15-4-3-11-20-15/h3-4,11,14,19H,5-10,12-13H2,1-2H3. The highest BCUT2D eigenvalue weighted by Crippen LogP contribution is 2.09. The fraction of sp³-hybridized carbons (Fsp3) is 0.733. The highest BCUT2D eigenvalue weighted by Gasteiger charge is 2.17. The van der Waals surface area contributed by atoms with E-state index in [1.165, 1.54) is 4.88 Å². The molecule has 0 saturated carbocycles. The third-order valence-electron chi connectivity index (χ3n) is 3.91. The molecule has 1 atom stereocenters. The third-order valence-corrected chi connectivity index (χ3v) is 4.84. The summed E-state index contributed by atoms with van der Waals surface area (Å²) >= 11 is 1.81. The molecule has 0 radical (unpaired) electrons. The molecule has 0 spiro atoms. The molecular weight excluding hydrogens is 270 g/mol. The molecule has 1 aliphatic rings. The van der Waals surface area contributed by atoms with E-state index < -0.39 is 0 Å². The summed E-state index contributed by atoms with van der Waals surface area (Å²) in [5.41, 5.74) is 0. The second kappa shape index (κ2) is 8.10. The monoisotopic (exact) mass is 297 g/mol. The van der Waals surface area contributed by atoms with E-state index in [1.807, 2.05) is 11.3 Å². The minimum atomic E-state index is -0.244. The lowest BCUT2D eigenvalue weighted by molar-refractivity contribution is 0.0610. The molecular formula is C15H27N3OS. The molecule has 1 N–H and O–H groups in total. The van der Waals surface area contributed by atoms with E-state index in [9.17, 15) is 5.11 Å². The van der Waals surface area contributed by atoms with E-state index >= 15 is 0 Å². The average Bonchev–Trinajstić information content (AvgIpc) is 2.92. The lowest BCUT2D eigenvalue weighted by Gasteiger charge is -2.34.